The third-order valence-corrected chi connectivity index (χ3v) is 4.84. The molecule has 0 aliphatic heterocycles. The number of anilines is 1. The minimum absolute atomic E-state index is 0.237. The predicted molar refractivity (Wildman–Crippen MR) is 82.7 cm³/mol. The van der Waals surface area contributed by atoms with Crippen LogP contribution < -0.4 is 9.46 Å². The zero-order valence-electron chi connectivity index (χ0n) is 11.1. The summed E-state index contributed by atoms with van der Waals surface area (Å²) in [7, 11) is -2.06. The molecular weight excluding hydrogens is 342 g/mol. The maximum absolute atomic E-state index is 12.3. The van der Waals surface area contributed by atoms with Crippen LogP contribution in [0, 0.1) is 6.92 Å². The van der Waals surface area contributed by atoms with Crippen molar-refractivity contribution < 1.29 is 13.2 Å². The van der Waals surface area contributed by atoms with E-state index in [9.17, 15) is 8.42 Å². The maximum atomic E-state index is 12.3. The van der Waals surface area contributed by atoms with Gasteiger partial charge in [0, 0.05) is 10.2 Å². The Hall–Kier alpha value is -1.53. The maximum Gasteiger partial charge on any atom is 0.262 e. The van der Waals surface area contributed by atoms with E-state index in [0.29, 0.717) is 17.0 Å². The van der Waals surface area contributed by atoms with Crippen LogP contribution >= 0.6 is 15.9 Å². The summed E-state index contributed by atoms with van der Waals surface area (Å²) in [6.07, 6.45) is 0. The third-order valence-electron chi connectivity index (χ3n) is 2.77. The van der Waals surface area contributed by atoms with Crippen LogP contribution in [0.4, 0.5) is 5.69 Å². The van der Waals surface area contributed by atoms with Gasteiger partial charge in [-0.1, -0.05) is 15.9 Å². The Morgan fingerprint density at radius 1 is 1.10 bits per heavy atom. The largest absolute Gasteiger partial charge is 0.497 e. The summed E-state index contributed by atoms with van der Waals surface area (Å²) in [6, 6.07) is 11.8. The number of aryl methyl sites for hydroxylation is 1. The number of sulfonamides is 1. The number of hydrogen-bond donors (Lipinski definition) is 1. The van der Waals surface area contributed by atoms with Crippen LogP contribution in [-0.4, -0.2) is 15.5 Å². The number of rotatable bonds is 4. The molecule has 0 amide bonds. The lowest BCUT2D eigenvalue weighted by Gasteiger charge is -2.11. The molecule has 0 fully saturated rings. The van der Waals surface area contributed by atoms with Crippen molar-refractivity contribution in [3.63, 3.8) is 0 Å². The third kappa shape index (κ3) is 3.32. The Morgan fingerprint density at radius 2 is 1.75 bits per heavy atom. The van der Waals surface area contributed by atoms with E-state index in [1.54, 1.807) is 50.4 Å². The second-order valence-electron chi connectivity index (χ2n) is 4.24. The number of halogens is 1. The number of ether oxygens (including phenoxy) is 1. The first-order valence-corrected chi connectivity index (χ1v) is 8.13. The highest BCUT2D eigenvalue weighted by Crippen LogP contribution is 2.24. The average Bonchev–Trinajstić information content (AvgIpc) is 2.40. The van der Waals surface area contributed by atoms with Gasteiger partial charge in [-0.25, -0.2) is 8.42 Å². The summed E-state index contributed by atoms with van der Waals surface area (Å²) in [4.78, 5) is 0.237. The predicted octanol–water partition coefficient (Wildman–Crippen LogP) is 3.57. The smallest absolute Gasteiger partial charge is 0.262 e. The molecule has 0 aliphatic carbocycles. The quantitative estimate of drug-likeness (QED) is 0.911. The molecule has 0 bridgehead atoms. The van der Waals surface area contributed by atoms with Gasteiger partial charge >= 0.3 is 0 Å². The highest BCUT2D eigenvalue weighted by Gasteiger charge is 2.17. The van der Waals surface area contributed by atoms with Crippen LogP contribution in [0.1, 0.15) is 5.56 Å². The molecular formula is C14H14BrNO3S. The summed E-state index contributed by atoms with van der Waals surface area (Å²) in [5.41, 5.74) is 1.15. The van der Waals surface area contributed by atoms with E-state index >= 15 is 0 Å². The molecule has 0 heterocycles. The van der Waals surface area contributed by atoms with Gasteiger partial charge in [-0.15, -0.1) is 0 Å². The number of benzene rings is 2. The fourth-order valence-corrected chi connectivity index (χ4v) is 3.33. The summed E-state index contributed by atoms with van der Waals surface area (Å²) in [5.74, 6) is 0.630. The highest BCUT2D eigenvalue weighted by atomic mass is 79.9. The van der Waals surface area contributed by atoms with Crippen molar-refractivity contribution in [2.75, 3.05) is 11.8 Å². The van der Waals surface area contributed by atoms with Crippen LogP contribution in [0.15, 0.2) is 51.8 Å². The van der Waals surface area contributed by atoms with Crippen molar-refractivity contribution in [1.82, 2.24) is 0 Å². The first kappa shape index (κ1) is 14.9. The Kier molecular flexibility index (Phi) is 4.35. The average molecular weight is 356 g/mol. The summed E-state index contributed by atoms with van der Waals surface area (Å²) in [6.45, 7) is 1.73. The van der Waals surface area contributed by atoms with Gasteiger partial charge in [-0.05, 0) is 55.0 Å². The lowest BCUT2D eigenvalue weighted by atomic mass is 10.2. The molecule has 0 atom stereocenters. The molecule has 0 aromatic heterocycles. The molecule has 20 heavy (non-hydrogen) atoms. The minimum Gasteiger partial charge on any atom is -0.497 e. The van der Waals surface area contributed by atoms with Gasteiger partial charge in [0.25, 0.3) is 10.0 Å². The van der Waals surface area contributed by atoms with E-state index in [0.717, 1.165) is 4.47 Å². The molecule has 0 saturated carbocycles. The van der Waals surface area contributed by atoms with E-state index in [1.165, 1.54) is 6.07 Å². The molecule has 0 saturated heterocycles. The fourth-order valence-electron chi connectivity index (χ4n) is 1.78. The van der Waals surface area contributed by atoms with Crippen LogP contribution in [0.2, 0.25) is 0 Å². The summed E-state index contributed by atoms with van der Waals surface area (Å²) in [5, 5.41) is 0. The van der Waals surface area contributed by atoms with Crippen molar-refractivity contribution in [2.24, 2.45) is 0 Å². The van der Waals surface area contributed by atoms with Crippen molar-refractivity contribution >= 4 is 31.6 Å². The Balaban J connectivity index is 2.33. The van der Waals surface area contributed by atoms with Crippen molar-refractivity contribution in [2.45, 2.75) is 11.8 Å². The first-order chi connectivity index (χ1) is 9.42. The summed E-state index contributed by atoms with van der Waals surface area (Å²) < 4.78 is 33.2. The van der Waals surface area contributed by atoms with E-state index in [1.807, 2.05) is 0 Å². The lowest BCUT2D eigenvalue weighted by Crippen LogP contribution is -2.14. The van der Waals surface area contributed by atoms with Gasteiger partial charge in [-0.2, -0.15) is 0 Å². The van der Waals surface area contributed by atoms with Gasteiger partial charge in [0.2, 0.25) is 0 Å². The summed E-state index contributed by atoms with van der Waals surface area (Å²) >= 11 is 3.31. The molecule has 0 unspecified atom stereocenters. The van der Waals surface area contributed by atoms with Crippen LogP contribution in [0.25, 0.3) is 0 Å². The second kappa shape index (κ2) is 5.85. The van der Waals surface area contributed by atoms with Gasteiger partial charge in [0.15, 0.2) is 0 Å². The molecule has 106 valence electrons. The number of nitrogens with one attached hydrogen (secondary N) is 1. The molecule has 1 N–H and O–H groups in total. The Morgan fingerprint density at radius 3 is 2.30 bits per heavy atom. The van der Waals surface area contributed by atoms with Gasteiger partial charge in [-0.3, -0.25) is 4.72 Å². The molecule has 2 aromatic rings. The van der Waals surface area contributed by atoms with E-state index in [2.05, 4.69) is 20.7 Å². The normalized spacial score (nSPS) is 11.2. The number of methoxy groups -OCH3 is 1. The molecule has 0 radical (unpaired) electrons. The van der Waals surface area contributed by atoms with Gasteiger partial charge in [0.1, 0.15) is 5.75 Å². The Bertz CT molecular complexity index is 712. The molecule has 2 rings (SSSR count). The Labute approximate surface area is 127 Å². The van der Waals surface area contributed by atoms with Crippen molar-refractivity contribution in [3.8, 4) is 5.75 Å². The fraction of sp³-hybridized carbons (Fsp3) is 0.143. The van der Waals surface area contributed by atoms with Crippen LogP contribution in [0.5, 0.6) is 5.75 Å². The minimum atomic E-state index is -3.60. The van der Waals surface area contributed by atoms with Crippen LogP contribution in [0.3, 0.4) is 0 Å². The van der Waals surface area contributed by atoms with Crippen LogP contribution in [-0.2, 0) is 10.0 Å². The number of hydrogen-bond acceptors (Lipinski definition) is 3. The van der Waals surface area contributed by atoms with E-state index in [-0.39, 0.29) is 4.90 Å². The zero-order valence-corrected chi connectivity index (χ0v) is 13.5. The lowest BCUT2D eigenvalue weighted by molar-refractivity contribution is 0.414. The highest BCUT2D eigenvalue weighted by molar-refractivity contribution is 9.10. The van der Waals surface area contributed by atoms with Gasteiger partial charge in [0.05, 0.1) is 12.0 Å². The first-order valence-electron chi connectivity index (χ1n) is 5.85. The molecule has 4 nitrogen and oxygen atoms in total. The molecule has 2 aromatic carbocycles. The van der Waals surface area contributed by atoms with Gasteiger partial charge < -0.3 is 4.74 Å². The zero-order chi connectivity index (χ0) is 14.8. The van der Waals surface area contributed by atoms with Crippen molar-refractivity contribution in [1.29, 1.82) is 0 Å². The van der Waals surface area contributed by atoms with Crippen molar-refractivity contribution in [3.05, 3.63) is 52.5 Å². The molecule has 0 aliphatic rings. The molecule has 6 heteroatoms. The SMILES string of the molecule is COc1ccc(S(=O)(=O)Nc2ccc(Br)cc2)c(C)c1. The monoisotopic (exact) mass is 355 g/mol. The molecule has 0 spiro atoms. The van der Waals surface area contributed by atoms with E-state index < -0.39 is 10.0 Å². The van der Waals surface area contributed by atoms with E-state index in [4.69, 9.17) is 4.74 Å². The topological polar surface area (TPSA) is 55.4 Å². The second-order valence-corrected chi connectivity index (χ2v) is 6.81. The standard InChI is InChI=1S/C14H14BrNO3S/c1-10-9-13(19-2)7-8-14(10)20(17,18)16-12-5-3-11(15)4-6-12/h3-9,16H,1-2H3.